The van der Waals surface area contributed by atoms with Crippen LogP contribution >= 0.6 is 11.3 Å². The number of hydrogen-bond acceptors (Lipinski definition) is 24. The number of thiazole rings is 1. The molecule has 0 radical (unpaired) electrons. The Labute approximate surface area is 765 Å². The van der Waals surface area contributed by atoms with E-state index in [0.29, 0.717) is 81.1 Å². The molecule has 2 aliphatic carbocycles. The number of carbonyl (C=O) groups is 13. The average Bonchev–Trinajstić information content (AvgIpc) is 1.62. The number of hydrogen-bond donors (Lipinski definition) is 14. The maximum Gasteiger partial charge on any atom is 0.407 e. The summed E-state index contributed by atoms with van der Waals surface area (Å²) >= 11 is 1.01. The van der Waals surface area contributed by atoms with Gasteiger partial charge in [-0.25, -0.2) is 28.6 Å². The minimum atomic E-state index is -1.40. The maximum absolute atomic E-state index is 15.4. The van der Waals surface area contributed by atoms with Gasteiger partial charge >= 0.3 is 36.2 Å². The van der Waals surface area contributed by atoms with Crippen molar-refractivity contribution in [2.24, 2.45) is 46.7 Å². The first-order valence-electron chi connectivity index (χ1n) is 45.5. The number of rotatable bonds is 60. The van der Waals surface area contributed by atoms with E-state index in [1.807, 2.05) is 39.6 Å². The number of halogens is 1. The molecule has 1 saturated heterocycles. The number of urea groups is 1. The zero-order chi connectivity index (χ0) is 95.2. The molecule has 2 fully saturated rings. The predicted octanol–water partition coefficient (Wildman–Crippen LogP) is 8.22. The van der Waals surface area contributed by atoms with Gasteiger partial charge in [-0.3, -0.25) is 48.1 Å². The van der Waals surface area contributed by atoms with Gasteiger partial charge in [-0.2, -0.15) is 0 Å². The molecule has 2 aromatic carbocycles. The maximum atomic E-state index is 15.4. The number of likely N-dealkylation sites (N-methyl/N-ethyl adjacent to an activating group) is 1. The number of nitrogens with one attached hydrogen (secondary N) is 10. The first kappa shape index (κ1) is 108. The van der Waals surface area contributed by atoms with Crippen molar-refractivity contribution in [3.63, 3.8) is 0 Å². The number of ether oxygens (including phenoxy) is 7. The van der Waals surface area contributed by atoms with Gasteiger partial charge in [-0.1, -0.05) is 98.8 Å². The summed E-state index contributed by atoms with van der Waals surface area (Å²) in [6, 6.07) is 2.72. The number of nitrogens with two attached hydrogens (primary N) is 2. The number of likely N-dealkylation sites (tertiary alicyclic amines) is 1. The van der Waals surface area contributed by atoms with Crippen molar-refractivity contribution in [1.29, 1.82) is 0 Å². The van der Waals surface area contributed by atoms with Crippen LogP contribution in [0.15, 0.2) is 47.8 Å². The Hall–Kier alpha value is -10.5. The third kappa shape index (κ3) is 39.3. The number of benzene rings is 2. The number of piperidine rings is 1. The van der Waals surface area contributed by atoms with Crippen molar-refractivity contribution in [3.8, 4) is 11.8 Å². The fourth-order valence-corrected chi connectivity index (χ4v) is 16.3. The summed E-state index contributed by atoms with van der Waals surface area (Å²) in [5.74, 6) is -0.501. The number of unbranched alkanes of at least 4 members (excludes halogenated alkanes) is 3. The molecular weight excluding hydrogens is 1710 g/mol. The van der Waals surface area contributed by atoms with E-state index in [9.17, 15) is 72.1 Å². The number of carbonyl (C=O) groups excluding carboxylic acids is 11. The molecule has 1 aliphatic heterocycles. The minimum absolute atomic E-state index is 0.0220. The van der Waals surface area contributed by atoms with Crippen molar-refractivity contribution in [2.45, 2.75) is 246 Å². The van der Waals surface area contributed by atoms with Gasteiger partial charge in [0.1, 0.15) is 47.3 Å². The summed E-state index contributed by atoms with van der Waals surface area (Å²) in [4.78, 5) is 183. The SMILES string of the molecule is CCCCCCN(C(=O)[C@@H](NC(=O)[C@H]1CCCCN1C)[C@@H](C)CC)[C@H](C[C@@H](OC(=O)NCCNC(=O)OCc1ccc(NC(=O)[C@H](CCCNC(N)=O)NC(=O)[C@@H](NC(=O)[C@H](CCC(=O)O)NC(=O)CCOCCOCCOCCOCCNC(=O)OCC2C3CCC#CCC[C@H]32)C(C)C)cc1)c1nc(C(=O)N[C@@H](Cc2ccc(N)c(F)c2)CC(C)(C)C(=O)O)cs1)C(C)C. The molecule has 0 spiro atoms. The van der Waals surface area contributed by atoms with Crippen LogP contribution in [0.1, 0.15) is 217 Å². The van der Waals surface area contributed by atoms with Gasteiger partial charge in [0.2, 0.25) is 35.4 Å². The number of aliphatic carboxylic acids is 2. The van der Waals surface area contributed by atoms with Gasteiger partial charge < -0.3 is 113 Å². The Morgan fingerprint density at radius 2 is 1.29 bits per heavy atom. The van der Waals surface area contributed by atoms with Gasteiger partial charge in [-0.15, -0.1) is 23.2 Å². The second kappa shape index (κ2) is 57.6. The van der Waals surface area contributed by atoms with Crippen LogP contribution in [0, 0.1) is 58.6 Å². The Morgan fingerprint density at radius 1 is 0.662 bits per heavy atom. The van der Waals surface area contributed by atoms with Crippen LogP contribution in [0.25, 0.3) is 0 Å². The Morgan fingerprint density at radius 3 is 1.91 bits per heavy atom. The summed E-state index contributed by atoms with van der Waals surface area (Å²) in [5.41, 5.74) is 10.7. The number of carboxylic acids is 2. The molecule has 2 unspecified atom stereocenters. The summed E-state index contributed by atoms with van der Waals surface area (Å²) in [5, 5.41) is 48.3. The van der Waals surface area contributed by atoms with Crippen LogP contribution in [0.5, 0.6) is 0 Å². The van der Waals surface area contributed by atoms with Crippen LogP contribution in [-0.2, 0) is 84.5 Å². The van der Waals surface area contributed by atoms with E-state index in [-0.39, 0.29) is 157 Å². The predicted molar refractivity (Wildman–Crippen MR) is 483 cm³/mol. The van der Waals surface area contributed by atoms with E-state index in [1.54, 1.807) is 36.9 Å². The largest absolute Gasteiger partial charge is 0.481 e. The Kier molecular flexibility index (Phi) is 48.0. The Balaban J connectivity index is 1.01. The summed E-state index contributed by atoms with van der Waals surface area (Å²) < 4.78 is 54.0. The normalized spacial score (nSPS) is 17.2. The second-order valence-electron chi connectivity index (χ2n) is 34.6. The van der Waals surface area contributed by atoms with Crippen molar-refractivity contribution in [3.05, 3.63) is 75.5 Å². The highest BCUT2D eigenvalue weighted by molar-refractivity contribution is 7.09. The molecule has 12 atom stereocenters. The molecule has 3 aliphatic rings. The third-order valence-corrected chi connectivity index (χ3v) is 24.2. The highest BCUT2D eigenvalue weighted by Crippen LogP contribution is 2.52. The molecule has 724 valence electrons. The van der Waals surface area contributed by atoms with Crippen molar-refractivity contribution >= 4 is 100 Å². The quantitative estimate of drug-likeness (QED) is 0.0109. The average molecular weight is 1850 g/mol. The summed E-state index contributed by atoms with van der Waals surface area (Å²) in [6.07, 6.45) is 5.69. The van der Waals surface area contributed by atoms with Crippen LogP contribution in [-0.4, -0.2) is 251 Å². The van der Waals surface area contributed by atoms with Crippen LogP contribution in [0.4, 0.5) is 34.9 Å². The topological polar surface area (TPSA) is 519 Å². The zero-order valence-electron chi connectivity index (χ0n) is 77.0. The number of fused-ring (bicyclic) bond motifs is 1. The molecule has 3 aromatic rings. The number of amides is 12. The van der Waals surface area contributed by atoms with E-state index < -0.39 is 138 Å². The Bertz CT molecular complexity index is 4170. The van der Waals surface area contributed by atoms with Crippen LogP contribution in [0.2, 0.25) is 0 Å². The second-order valence-corrected chi connectivity index (χ2v) is 35.5. The molecule has 12 amide bonds. The first-order chi connectivity index (χ1) is 62.1. The molecule has 37 nitrogen and oxygen atoms in total. The van der Waals surface area contributed by atoms with Crippen LogP contribution in [0.3, 0.4) is 0 Å². The molecule has 0 bridgehead atoms. The molecule has 1 saturated carbocycles. The lowest BCUT2D eigenvalue weighted by Crippen LogP contribution is -2.59. The van der Waals surface area contributed by atoms with Gasteiger partial charge in [0.25, 0.3) is 5.91 Å². The van der Waals surface area contributed by atoms with Crippen molar-refractivity contribution in [1.82, 2.24) is 62.6 Å². The third-order valence-electron chi connectivity index (χ3n) is 23.3. The fraction of sp³-hybridized carbons (Fsp3) is 0.670. The monoisotopic (exact) mass is 1850 g/mol. The number of anilines is 2. The van der Waals surface area contributed by atoms with Crippen molar-refractivity contribution in [2.75, 3.05) is 117 Å². The zero-order valence-corrected chi connectivity index (χ0v) is 77.8. The highest BCUT2D eigenvalue weighted by Gasteiger charge is 2.49. The molecule has 130 heavy (non-hydrogen) atoms. The summed E-state index contributed by atoms with van der Waals surface area (Å²) in [7, 11) is 1.90. The molecule has 2 heterocycles. The number of alkyl carbamates (subject to hydrolysis) is 3. The van der Waals surface area contributed by atoms with E-state index >= 15 is 4.79 Å². The number of aromatic nitrogens is 1. The smallest absolute Gasteiger partial charge is 0.407 e. The van der Waals surface area contributed by atoms with Gasteiger partial charge in [0.05, 0.1) is 76.6 Å². The minimum Gasteiger partial charge on any atom is -0.481 e. The van der Waals surface area contributed by atoms with Crippen molar-refractivity contribution < 1.29 is 110 Å². The van der Waals surface area contributed by atoms with Gasteiger partial charge in [0, 0.05) is 88.0 Å². The number of nitrogens with zero attached hydrogens (tertiary/aromatic N) is 3. The van der Waals surface area contributed by atoms with Gasteiger partial charge in [-0.05, 0) is 163 Å². The van der Waals surface area contributed by atoms with Gasteiger partial charge in [0.15, 0.2) is 6.10 Å². The summed E-state index contributed by atoms with van der Waals surface area (Å²) in [6.45, 7) is 18.9. The van der Waals surface area contributed by atoms with Crippen LogP contribution < -0.4 is 64.6 Å². The lowest BCUT2D eigenvalue weighted by Gasteiger charge is -2.40. The van der Waals surface area contributed by atoms with E-state index in [0.717, 1.165) is 75.7 Å². The number of nitrogen functional groups attached to an aromatic ring is 1. The first-order valence-corrected chi connectivity index (χ1v) is 46.4. The number of primary amides is 1. The molecule has 6 rings (SSSR count). The van der Waals surface area contributed by atoms with E-state index in [1.165, 1.54) is 43.5 Å². The molecule has 16 N–H and O–H groups in total. The highest BCUT2D eigenvalue weighted by atomic mass is 32.1. The lowest BCUT2D eigenvalue weighted by atomic mass is 9.84. The van der Waals surface area contributed by atoms with E-state index in [4.69, 9.17) is 49.6 Å². The standard InChI is InChI=1S/C91H140FN15O22S/c1-11-13-14-20-41-107(85(116)78(59(7)12-2)105-82(114)72-26-19-21-40-106(72)10)73(57(3)4)52-74(84-103-71(56-130-84)81(113)100-63(53-91(8,9)86(117)118)50-61-29-32-68(93)67(92)51-61)129-90(122)97-38-37-96-88(120)127-54-60-27-30-62(31-28-60)99-79(111)69(25-22-36-95-87(94)119)102-83(115)77(58(5)6)104-80(112)70(33-34-76(109)110)101-75(108)35-42-123-44-46-125-48-49-126-47-45-124-43-39-98-89(121)128-55-66-64-23-17-15-16-18-24-65(64)66/h27-32,51,56-59,63-66,69-70,72-74,77-78H,11-14,17-26,33-50,52-55,93H2,1-10H3,(H,96,120)(H,97,122)(H,98,121)(H,99,111)(H,100,113)(H,101,108)(H,102,115)(H,104,112)(H,105,114)(H,109,110)(H,117,118)(H3,94,95,119)/t59-,63-,64+,65?,66?,69-,70-,72+,73+,74+,77-,78-/m0/s1. The molecule has 39 heteroatoms. The molecular formula is C91H140FN15O22S. The molecule has 1 aromatic heterocycles. The van der Waals surface area contributed by atoms with E-state index in [2.05, 4.69) is 71.9 Å². The lowest BCUT2D eigenvalue weighted by molar-refractivity contribution is -0.147. The number of carboxylic acid groups (broad SMARTS) is 2. The fourth-order valence-electron chi connectivity index (χ4n) is 15.4.